The van der Waals surface area contributed by atoms with Crippen molar-refractivity contribution in [3.05, 3.63) is 65.7 Å². The summed E-state index contributed by atoms with van der Waals surface area (Å²) in [5.74, 6) is 0. The molecule has 1 aliphatic rings. The number of piperazine rings is 1. The molecular formula is C20H23N3. The number of anilines is 1. The Morgan fingerprint density at radius 2 is 1.61 bits per heavy atom. The summed E-state index contributed by atoms with van der Waals surface area (Å²) >= 11 is 0. The molecule has 0 aliphatic carbocycles. The molecule has 0 saturated carbocycles. The number of nitriles is 1. The van der Waals surface area contributed by atoms with Crippen LogP contribution < -0.4 is 4.90 Å². The van der Waals surface area contributed by atoms with Crippen LogP contribution in [0.2, 0.25) is 0 Å². The van der Waals surface area contributed by atoms with Crippen LogP contribution in [0.15, 0.2) is 54.6 Å². The molecule has 1 atom stereocenters. The van der Waals surface area contributed by atoms with Gasteiger partial charge in [0.25, 0.3) is 0 Å². The van der Waals surface area contributed by atoms with Crippen molar-refractivity contribution in [1.29, 1.82) is 5.26 Å². The monoisotopic (exact) mass is 305 g/mol. The lowest BCUT2D eigenvalue weighted by Gasteiger charge is -2.40. The van der Waals surface area contributed by atoms with Crippen molar-refractivity contribution in [2.45, 2.75) is 19.4 Å². The maximum absolute atomic E-state index is 9.29. The summed E-state index contributed by atoms with van der Waals surface area (Å²) in [4.78, 5) is 4.91. The minimum absolute atomic E-state index is 0.490. The van der Waals surface area contributed by atoms with E-state index < -0.39 is 0 Å². The Bertz CT molecular complexity index is 667. The topological polar surface area (TPSA) is 30.3 Å². The molecule has 23 heavy (non-hydrogen) atoms. The third-order valence-electron chi connectivity index (χ3n) is 4.69. The molecule has 0 radical (unpaired) electrons. The fourth-order valence-corrected chi connectivity index (χ4v) is 3.50. The lowest BCUT2D eigenvalue weighted by molar-refractivity contribution is 0.181. The Balaban J connectivity index is 1.70. The highest BCUT2D eigenvalue weighted by atomic mass is 15.3. The van der Waals surface area contributed by atoms with Gasteiger partial charge in [-0.1, -0.05) is 49.4 Å². The second-order valence-corrected chi connectivity index (χ2v) is 5.99. The van der Waals surface area contributed by atoms with Gasteiger partial charge in [-0.15, -0.1) is 0 Å². The molecule has 3 heteroatoms. The minimum Gasteiger partial charge on any atom is -0.368 e. The molecule has 1 fully saturated rings. The highest BCUT2D eigenvalue weighted by Gasteiger charge is 2.24. The third kappa shape index (κ3) is 3.38. The zero-order valence-electron chi connectivity index (χ0n) is 13.7. The zero-order chi connectivity index (χ0) is 16.1. The van der Waals surface area contributed by atoms with Crippen LogP contribution in [0.1, 0.15) is 30.5 Å². The van der Waals surface area contributed by atoms with Crippen LogP contribution in [0.4, 0.5) is 5.69 Å². The molecule has 1 unspecified atom stereocenters. The number of benzene rings is 2. The Hall–Kier alpha value is -2.31. The molecule has 1 saturated heterocycles. The minimum atomic E-state index is 0.490. The molecule has 0 bridgehead atoms. The summed E-state index contributed by atoms with van der Waals surface area (Å²) in [6.07, 6.45) is 1.12. The first-order valence-electron chi connectivity index (χ1n) is 8.36. The Morgan fingerprint density at radius 3 is 2.26 bits per heavy atom. The number of nitrogens with zero attached hydrogens (tertiary/aromatic N) is 3. The van der Waals surface area contributed by atoms with Crippen LogP contribution in [-0.4, -0.2) is 31.1 Å². The molecule has 2 aromatic carbocycles. The fraction of sp³-hybridized carbons (Fsp3) is 0.350. The van der Waals surface area contributed by atoms with Crippen LogP contribution >= 0.6 is 0 Å². The van der Waals surface area contributed by atoms with Gasteiger partial charge in [0.1, 0.15) is 6.07 Å². The highest BCUT2D eigenvalue weighted by Crippen LogP contribution is 2.27. The molecule has 3 rings (SSSR count). The van der Waals surface area contributed by atoms with E-state index >= 15 is 0 Å². The van der Waals surface area contributed by atoms with Crippen LogP contribution in [0.5, 0.6) is 0 Å². The average Bonchev–Trinajstić information content (AvgIpc) is 2.64. The molecule has 3 nitrogen and oxygen atoms in total. The van der Waals surface area contributed by atoms with E-state index in [0.29, 0.717) is 6.04 Å². The van der Waals surface area contributed by atoms with Crippen molar-refractivity contribution in [1.82, 2.24) is 4.90 Å². The van der Waals surface area contributed by atoms with Gasteiger partial charge >= 0.3 is 0 Å². The third-order valence-corrected chi connectivity index (χ3v) is 4.69. The first-order valence-corrected chi connectivity index (χ1v) is 8.36. The first-order chi connectivity index (χ1) is 11.3. The number of hydrogen-bond donors (Lipinski definition) is 0. The van der Waals surface area contributed by atoms with E-state index in [1.54, 1.807) is 0 Å². The van der Waals surface area contributed by atoms with Gasteiger partial charge in [0, 0.05) is 32.2 Å². The van der Waals surface area contributed by atoms with Crippen molar-refractivity contribution < 1.29 is 0 Å². The van der Waals surface area contributed by atoms with Crippen molar-refractivity contribution in [2.24, 2.45) is 0 Å². The SMILES string of the molecule is CCC(c1ccccc1)N1CCN(c2ccccc2C#N)CC1. The van der Waals surface area contributed by atoms with Crippen molar-refractivity contribution in [3.63, 3.8) is 0 Å². The molecule has 118 valence electrons. The van der Waals surface area contributed by atoms with Gasteiger partial charge < -0.3 is 4.90 Å². The Morgan fingerprint density at radius 1 is 0.957 bits per heavy atom. The van der Waals surface area contributed by atoms with Crippen molar-refractivity contribution in [2.75, 3.05) is 31.1 Å². The van der Waals surface area contributed by atoms with Crippen LogP contribution in [0, 0.1) is 11.3 Å². The van der Waals surface area contributed by atoms with Crippen LogP contribution in [0.25, 0.3) is 0 Å². The van der Waals surface area contributed by atoms with Crippen molar-refractivity contribution >= 4 is 5.69 Å². The van der Waals surface area contributed by atoms with Crippen LogP contribution in [0.3, 0.4) is 0 Å². The summed E-state index contributed by atoms with van der Waals surface area (Å²) in [6, 6.07) is 21.5. The van der Waals surface area contributed by atoms with Gasteiger partial charge in [-0.2, -0.15) is 5.26 Å². The lowest BCUT2D eigenvalue weighted by Crippen LogP contribution is -2.47. The number of hydrogen-bond acceptors (Lipinski definition) is 3. The van der Waals surface area contributed by atoms with Crippen molar-refractivity contribution in [3.8, 4) is 6.07 Å². The van der Waals surface area contributed by atoms with E-state index in [0.717, 1.165) is 43.9 Å². The first kappa shape index (κ1) is 15.6. The second-order valence-electron chi connectivity index (χ2n) is 5.99. The standard InChI is InChI=1S/C20H23N3/c1-2-19(17-8-4-3-5-9-17)22-12-14-23(15-13-22)20-11-7-6-10-18(20)16-21/h3-11,19H,2,12-15H2,1H3. The lowest BCUT2D eigenvalue weighted by atomic mass is 10.0. The predicted molar refractivity (Wildman–Crippen MR) is 94.4 cm³/mol. The Kier molecular flexibility index (Phi) is 4.95. The maximum Gasteiger partial charge on any atom is 0.101 e. The van der Waals surface area contributed by atoms with Gasteiger partial charge in [-0.3, -0.25) is 4.90 Å². The van der Waals surface area contributed by atoms with Gasteiger partial charge in [-0.05, 0) is 24.1 Å². The van der Waals surface area contributed by atoms with Gasteiger partial charge in [-0.25, -0.2) is 0 Å². The van der Waals surface area contributed by atoms with Gasteiger partial charge in [0.05, 0.1) is 11.3 Å². The smallest absolute Gasteiger partial charge is 0.101 e. The summed E-state index contributed by atoms with van der Waals surface area (Å²) in [5, 5.41) is 9.29. The summed E-state index contributed by atoms with van der Waals surface area (Å²) in [6.45, 7) is 6.28. The summed E-state index contributed by atoms with van der Waals surface area (Å²) < 4.78 is 0. The quantitative estimate of drug-likeness (QED) is 0.860. The molecule has 2 aromatic rings. The molecule has 0 spiro atoms. The van der Waals surface area contributed by atoms with E-state index in [9.17, 15) is 5.26 Å². The predicted octanol–water partition coefficient (Wildman–Crippen LogP) is 3.83. The molecule has 0 N–H and O–H groups in total. The van der Waals surface area contributed by atoms with Gasteiger partial charge in [0.15, 0.2) is 0 Å². The summed E-state index contributed by atoms with van der Waals surface area (Å²) in [5.41, 5.74) is 3.25. The van der Waals surface area contributed by atoms with E-state index in [1.165, 1.54) is 5.56 Å². The Labute approximate surface area is 138 Å². The summed E-state index contributed by atoms with van der Waals surface area (Å²) in [7, 11) is 0. The van der Waals surface area contributed by atoms with E-state index in [4.69, 9.17) is 0 Å². The van der Waals surface area contributed by atoms with E-state index in [1.807, 2.05) is 18.2 Å². The fourth-order valence-electron chi connectivity index (χ4n) is 3.50. The largest absolute Gasteiger partial charge is 0.368 e. The maximum atomic E-state index is 9.29. The highest BCUT2D eigenvalue weighted by molar-refractivity contribution is 5.59. The molecule has 0 aromatic heterocycles. The van der Waals surface area contributed by atoms with Crippen LogP contribution in [-0.2, 0) is 0 Å². The number of rotatable bonds is 4. The molecule has 1 heterocycles. The molecule has 1 aliphatic heterocycles. The van der Waals surface area contributed by atoms with Gasteiger partial charge in [0.2, 0.25) is 0 Å². The molecular weight excluding hydrogens is 282 g/mol. The average molecular weight is 305 g/mol. The van der Waals surface area contributed by atoms with E-state index in [2.05, 4.69) is 59.2 Å². The van der Waals surface area contributed by atoms with E-state index in [-0.39, 0.29) is 0 Å². The normalized spacial score (nSPS) is 16.8. The molecule has 0 amide bonds. The number of para-hydroxylation sites is 1. The zero-order valence-corrected chi connectivity index (χ0v) is 13.7. The second kappa shape index (κ2) is 7.30.